The molecule has 0 spiro atoms. The first-order valence-electron chi connectivity index (χ1n) is 6.14. The number of phenols is 1. The Labute approximate surface area is 131 Å². The van der Waals surface area contributed by atoms with Gasteiger partial charge < -0.3 is 5.11 Å². The molecule has 0 radical (unpaired) electrons. The quantitative estimate of drug-likeness (QED) is 0.482. The van der Waals surface area contributed by atoms with Crippen molar-refractivity contribution in [1.82, 2.24) is 0 Å². The van der Waals surface area contributed by atoms with Crippen molar-refractivity contribution >= 4 is 38.5 Å². The lowest BCUT2D eigenvalue weighted by atomic mass is 9.73. The Morgan fingerprint density at radius 2 is 2.17 bits per heavy atom. The Morgan fingerprint density at radius 3 is 2.67 bits per heavy atom. The zero-order valence-electron chi connectivity index (χ0n) is 11.0. The Balaban J connectivity index is 2.65. The highest BCUT2D eigenvalue weighted by molar-refractivity contribution is 14.1. The highest BCUT2D eigenvalue weighted by Crippen LogP contribution is 2.52. The summed E-state index contributed by atoms with van der Waals surface area (Å²) in [5, 5.41) is 10.4. The molecule has 2 rings (SSSR count). The molecular weight excluding hydrogens is 403 g/mol. The van der Waals surface area contributed by atoms with Gasteiger partial charge in [0, 0.05) is 19.0 Å². The number of benzene rings is 1. The summed E-state index contributed by atoms with van der Waals surface area (Å²) in [6, 6.07) is 1.86. The van der Waals surface area contributed by atoms with Crippen LogP contribution in [0.4, 0.5) is 0 Å². The molecule has 2 atom stereocenters. The van der Waals surface area contributed by atoms with Gasteiger partial charge in [0.05, 0.1) is 0 Å². The number of halogens is 2. The monoisotopic (exact) mass is 420 g/mol. The molecule has 1 N–H and O–H groups in total. The third kappa shape index (κ3) is 2.03. The van der Waals surface area contributed by atoms with Crippen LogP contribution in [0.1, 0.15) is 37.8 Å². The van der Waals surface area contributed by atoms with Crippen molar-refractivity contribution in [2.24, 2.45) is 5.92 Å². The van der Waals surface area contributed by atoms with Gasteiger partial charge in [0.1, 0.15) is 5.75 Å². The molecule has 3 heteroatoms. The van der Waals surface area contributed by atoms with E-state index in [1.807, 2.05) is 13.0 Å². The van der Waals surface area contributed by atoms with Crippen molar-refractivity contribution in [2.45, 2.75) is 39.0 Å². The van der Waals surface area contributed by atoms with Crippen molar-refractivity contribution in [3.8, 4) is 5.75 Å². The molecule has 1 aliphatic carbocycles. The SMILES string of the molecule is C=C1CC[C@@](C)(c2c(O)cc(C)c(Br)c2I)[C@H]1C. The summed E-state index contributed by atoms with van der Waals surface area (Å²) in [6.07, 6.45) is 2.12. The van der Waals surface area contributed by atoms with Gasteiger partial charge in [-0.2, -0.15) is 0 Å². The number of aryl methyl sites for hydroxylation is 1. The van der Waals surface area contributed by atoms with Gasteiger partial charge in [-0.25, -0.2) is 0 Å². The Bertz CT molecular complexity index is 524. The van der Waals surface area contributed by atoms with E-state index in [4.69, 9.17) is 0 Å². The molecule has 1 aromatic rings. The number of allylic oxidation sites excluding steroid dienone is 1. The lowest BCUT2D eigenvalue weighted by Gasteiger charge is -2.32. The average Bonchev–Trinajstić information content (AvgIpc) is 2.55. The van der Waals surface area contributed by atoms with Crippen LogP contribution in [0.15, 0.2) is 22.7 Å². The third-order valence-electron chi connectivity index (χ3n) is 4.47. The molecule has 0 unspecified atom stereocenters. The first-order chi connectivity index (χ1) is 8.29. The van der Waals surface area contributed by atoms with Crippen LogP contribution in [0.5, 0.6) is 5.75 Å². The van der Waals surface area contributed by atoms with Crippen molar-refractivity contribution < 1.29 is 5.11 Å². The zero-order valence-corrected chi connectivity index (χ0v) is 14.7. The Hall–Kier alpha value is -0.0300. The van der Waals surface area contributed by atoms with E-state index in [1.54, 1.807) is 0 Å². The van der Waals surface area contributed by atoms with Gasteiger partial charge in [0.15, 0.2) is 0 Å². The van der Waals surface area contributed by atoms with Crippen LogP contribution in [0.3, 0.4) is 0 Å². The predicted octanol–water partition coefficient (Wildman–Crippen LogP) is 5.31. The summed E-state index contributed by atoms with van der Waals surface area (Å²) in [5.41, 5.74) is 3.44. The van der Waals surface area contributed by atoms with Gasteiger partial charge in [-0.15, -0.1) is 0 Å². The van der Waals surface area contributed by atoms with E-state index in [0.29, 0.717) is 11.7 Å². The first-order valence-corrected chi connectivity index (χ1v) is 8.02. The van der Waals surface area contributed by atoms with E-state index in [0.717, 1.165) is 32.0 Å². The van der Waals surface area contributed by atoms with Crippen LogP contribution in [0.2, 0.25) is 0 Å². The van der Waals surface area contributed by atoms with E-state index in [9.17, 15) is 5.11 Å². The molecule has 0 heterocycles. The third-order valence-corrected chi connectivity index (χ3v) is 7.31. The Morgan fingerprint density at radius 1 is 1.56 bits per heavy atom. The van der Waals surface area contributed by atoms with E-state index in [2.05, 4.69) is 58.9 Å². The number of aromatic hydroxyl groups is 1. The van der Waals surface area contributed by atoms with E-state index in [1.165, 1.54) is 5.57 Å². The van der Waals surface area contributed by atoms with Gasteiger partial charge in [0.2, 0.25) is 0 Å². The number of hydrogen-bond acceptors (Lipinski definition) is 1. The summed E-state index contributed by atoms with van der Waals surface area (Å²) in [5.74, 6) is 0.829. The lowest BCUT2D eigenvalue weighted by molar-refractivity contribution is 0.367. The predicted molar refractivity (Wildman–Crippen MR) is 88.2 cm³/mol. The molecule has 0 bridgehead atoms. The van der Waals surface area contributed by atoms with Gasteiger partial charge >= 0.3 is 0 Å². The van der Waals surface area contributed by atoms with Crippen LogP contribution in [0.25, 0.3) is 0 Å². The molecule has 1 nitrogen and oxygen atoms in total. The summed E-state index contributed by atoms with van der Waals surface area (Å²) in [4.78, 5) is 0. The highest BCUT2D eigenvalue weighted by Gasteiger charge is 2.42. The molecule has 1 fully saturated rings. The first kappa shape index (κ1) is 14.4. The molecule has 0 saturated heterocycles. The zero-order chi connectivity index (χ0) is 13.7. The second kappa shape index (κ2) is 4.82. The maximum atomic E-state index is 10.4. The van der Waals surface area contributed by atoms with Crippen LogP contribution in [0, 0.1) is 16.4 Å². The largest absolute Gasteiger partial charge is 0.508 e. The van der Waals surface area contributed by atoms with Gasteiger partial charge in [-0.05, 0) is 75.8 Å². The van der Waals surface area contributed by atoms with Crippen LogP contribution in [-0.2, 0) is 5.41 Å². The molecule has 0 aromatic heterocycles. The minimum atomic E-state index is -0.00604. The van der Waals surface area contributed by atoms with Gasteiger partial charge in [-0.1, -0.05) is 26.0 Å². The fourth-order valence-corrected chi connectivity index (χ4v) is 4.55. The average molecular weight is 421 g/mol. The molecular formula is C15H18BrIO. The number of rotatable bonds is 1. The molecule has 0 aliphatic heterocycles. The van der Waals surface area contributed by atoms with Crippen molar-refractivity contribution in [1.29, 1.82) is 0 Å². The molecule has 98 valence electrons. The van der Waals surface area contributed by atoms with E-state index < -0.39 is 0 Å². The van der Waals surface area contributed by atoms with Crippen molar-refractivity contribution in [2.75, 3.05) is 0 Å². The smallest absolute Gasteiger partial charge is 0.120 e. The van der Waals surface area contributed by atoms with E-state index in [-0.39, 0.29) is 5.41 Å². The lowest BCUT2D eigenvalue weighted by Crippen LogP contribution is -2.27. The molecule has 1 aliphatic rings. The van der Waals surface area contributed by atoms with Crippen LogP contribution >= 0.6 is 38.5 Å². The maximum absolute atomic E-state index is 10.4. The topological polar surface area (TPSA) is 20.2 Å². The van der Waals surface area contributed by atoms with Crippen LogP contribution in [-0.4, -0.2) is 5.11 Å². The van der Waals surface area contributed by atoms with Gasteiger partial charge in [0.25, 0.3) is 0 Å². The normalized spacial score (nSPS) is 27.8. The van der Waals surface area contributed by atoms with E-state index >= 15 is 0 Å². The maximum Gasteiger partial charge on any atom is 0.120 e. The minimum Gasteiger partial charge on any atom is -0.508 e. The minimum absolute atomic E-state index is 0.00604. The second-order valence-corrected chi connectivity index (χ2v) is 7.38. The summed E-state index contributed by atoms with van der Waals surface area (Å²) >= 11 is 5.97. The molecule has 1 aromatic carbocycles. The standard InChI is InChI=1S/C15H18BrIO/c1-8-5-6-15(4,10(8)3)12-11(18)7-9(2)13(16)14(12)17/h7,10,18H,1,5-6H2,2-4H3/t10-,15+/m0/s1. The molecule has 1 saturated carbocycles. The summed E-state index contributed by atoms with van der Waals surface area (Å²) in [6.45, 7) is 10.6. The fourth-order valence-electron chi connectivity index (χ4n) is 2.92. The van der Waals surface area contributed by atoms with Crippen molar-refractivity contribution in [3.05, 3.63) is 37.4 Å². The summed E-state index contributed by atoms with van der Waals surface area (Å²) in [7, 11) is 0. The fraction of sp³-hybridized carbons (Fsp3) is 0.467. The highest BCUT2D eigenvalue weighted by atomic mass is 127. The van der Waals surface area contributed by atoms with Crippen LogP contribution < -0.4 is 0 Å². The second-order valence-electron chi connectivity index (χ2n) is 5.51. The summed E-state index contributed by atoms with van der Waals surface area (Å²) < 4.78 is 2.23. The molecule has 18 heavy (non-hydrogen) atoms. The number of hydrogen-bond donors (Lipinski definition) is 1. The van der Waals surface area contributed by atoms with Crippen molar-refractivity contribution in [3.63, 3.8) is 0 Å². The Kier molecular flexibility index (Phi) is 3.85. The number of phenolic OH excluding ortho intramolecular Hbond substituents is 1. The molecule has 0 amide bonds. The van der Waals surface area contributed by atoms with Gasteiger partial charge in [-0.3, -0.25) is 0 Å².